The second-order valence-electron chi connectivity index (χ2n) is 5.26. The minimum atomic E-state index is -3.60. The van der Waals surface area contributed by atoms with Crippen molar-refractivity contribution in [2.75, 3.05) is 6.61 Å². The van der Waals surface area contributed by atoms with Gasteiger partial charge >= 0.3 is 0 Å². The van der Waals surface area contributed by atoms with Crippen LogP contribution in [0.2, 0.25) is 0 Å². The van der Waals surface area contributed by atoms with Gasteiger partial charge in [-0.1, -0.05) is 28.1 Å². The molecule has 0 aromatic heterocycles. The lowest BCUT2D eigenvalue weighted by Crippen LogP contribution is -2.27. The molecule has 124 valence electrons. The summed E-state index contributed by atoms with van der Waals surface area (Å²) < 4.78 is 34.2. The smallest absolute Gasteiger partial charge is 0.241 e. The van der Waals surface area contributed by atoms with Gasteiger partial charge in [0.1, 0.15) is 5.75 Å². The van der Waals surface area contributed by atoms with Crippen LogP contribution in [0.5, 0.6) is 5.75 Å². The van der Waals surface area contributed by atoms with Crippen LogP contribution in [0.4, 0.5) is 0 Å². The van der Waals surface area contributed by atoms with Crippen LogP contribution >= 0.6 is 15.9 Å². The molecular formula is C17H20BrNO3S. The van der Waals surface area contributed by atoms with Gasteiger partial charge in [-0.3, -0.25) is 0 Å². The summed E-state index contributed by atoms with van der Waals surface area (Å²) in [5, 5.41) is 0. The fraction of sp³-hybridized carbons (Fsp3) is 0.294. The predicted molar refractivity (Wildman–Crippen MR) is 95.2 cm³/mol. The van der Waals surface area contributed by atoms with Crippen LogP contribution < -0.4 is 9.46 Å². The molecule has 0 saturated heterocycles. The molecule has 2 rings (SSSR count). The number of rotatable bonds is 6. The highest BCUT2D eigenvalue weighted by Crippen LogP contribution is 2.24. The largest absolute Gasteiger partial charge is 0.494 e. The SMILES string of the molecule is CCOc1ccc(S(=O)(=O)N[C@H](C)c2cccc(Br)c2)cc1C. The maximum Gasteiger partial charge on any atom is 0.241 e. The number of hydrogen-bond acceptors (Lipinski definition) is 3. The van der Waals surface area contributed by atoms with E-state index in [0.717, 1.165) is 15.6 Å². The summed E-state index contributed by atoms with van der Waals surface area (Å²) in [6.45, 7) is 6.10. The van der Waals surface area contributed by atoms with Crippen molar-refractivity contribution in [3.8, 4) is 5.75 Å². The van der Waals surface area contributed by atoms with Gasteiger partial charge in [0.2, 0.25) is 10.0 Å². The van der Waals surface area contributed by atoms with E-state index in [0.29, 0.717) is 12.4 Å². The van der Waals surface area contributed by atoms with Gasteiger partial charge in [0, 0.05) is 10.5 Å². The number of benzene rings is 2. The lowest BCUT2D eigenvalue weighted by atomic mass is 10.1. The maximum absolute atomic E-state index is 12.6. The molecule has 0 aliphatic rings. The summed E-state index contributed by atoms with van der Waals surface area (Å²) >= 11 is 3.40. The van der Waals surface area contributed by atoms with Crippen LogP contribution in [0.15, 0.2) is 51.8 Å². The fourth-order valence-corrected chi connectivity index (χ4v) is 3.98. The van der Waals surface area contributed by atoms with Crippen molar-refractivity contribution < 1.29 is 13.2 Å². The van der Waals surface area contributed by atoms with Gasteiger partial charge in [-0.2, -0.15) is 0 Å². The Morgan fingerprint density at radius 3 is 2.57 bits per heavy atom. The average Bonchev–Trinajstić information content (AvgIpc) is 2.49. The maximum atomic E-state index is 12.6. The molecule has 0 unspecified atom stereocenters. The van der Waals surface area contributed by atoms with E-state index in [1.54, 1.807) is 18.2 Å². The standard InChI is InChI=1S/C17H20BrNO3S/c1-4-22-17-9-8-16(10-12(17)2)23(20,21)19-13(3)14-6-5-7-15(18)11-14/h5-11,13,19H,4H2,1-3H3/t13-/m1/s1. The van der Waals surface area contributed by atoms with E-state index in [1.165, 1.54) is 0 Å². The zero-order valence-corrected chi connectivity index (χ0v) is 15.7. The van der Waals surface area contributed by atoms with Gasteiger partial charge in [-0.05, 0) is 62.2 Å². The number of halogens is 1. The van der Waals surface area contributed by atoms with E-state index in [4.69, 9.17) is 4.74 Å². The topological polar surface area (TPSA) is 55.4 Å². The zero-order chi connectivity index (χ0) is 17.0. The lowest BCUT2D eigenvalue weighted by Gasteiger charge is -2.16. The molecule has 0 amide bonds. The van der Waals surface area contributed by atoms with Crippen molar-refractivity contribution in [2.45, 2.75) is 31.7 Å². The summed E-state index contributed by atoms with van der Waals surface area (Å²) in [4.78, 5) is 0.236. The summed E-state index contributed by atoms with van der Waals surface area (Å²) in [6, 6.07) is 12.1. The molecule has 0 bridgehead atoms. The van der Waals surface area contributed by atoms with Crippen molar-refractivity contribution >= 4 is 26.0 Å². The number of nitrogens with one attached hydrogen (secondary N) is 1. The molecule has 23 heavy (non-hydrogen) atoms. The average molecular weight is 398 g/mol. The van der Waals surface area contributed by atoms with Crippen LogP contribution in [0, 0.1) is 6.92 Å². The zero-order valence-electron chi connectivity index (χ0n) is 13.3. The molecule has 6 heteroatoms. The summed E-state index contributed by atoms with van der Waals surface area (Å²) in [5.41, 5.74) is 1.69. The molecule has 0 radical (unpaired) electrons. The van der Waals surface area contributed by atoms with Gasteiger partial charge < -0.3 is 4.74 Å². The molecule has 0 fully saturated rings. The monoisotopic (exact) mass is 397 g/mol. The highest BCUT2D eigenvalue weighted by atomic mass is 79.9. The molecule has 0 heterocycles. The molecule has 0 aliphatic heterocycles. The van der Waals surface area contributed by atoms with Gasteiger partial charge in [-0.15, -0.1) is 0 Å². The van der Waals surface area contributed by atoms with Crippen molar-refractivity contribution in [2.24, 2.45) is 0 Å². The Labute approximate surface area is 146 Å². The van der Waals surface area contributed by atoms with Crippen LogP contribution in [0.1, 0.15) is 31.0 Å². The molecule has 2 aromatic rings. The first kappa shape index (κ1) is 18.0. The second-order valence-corrected chi connectivity index (χ2v) is 7.89. The van der Waals surface area contributed by atoms with Crippen LogP contribution in [-0.4, -0.2) is 15.0 Å². The van der Waals surface area contributed by atoms with Crippen LogP contribution in [-0.2, 0) is 10.0 Å². The summed E-state index contributed by atoms with van der Waals surface area (Å²) in [6.07, 6.45) is 0. The Bertz CT molecular complexity index is 790. The normalized spacial score (nSPS) is 12.9. The number of hydrogen-bond donors (Lipinski definition) is 1. The van der Waals surface area contributed by atoms with Gasteiger partial charge in [0.15, 0.2) is 0 Å². The first-order valence-corrected chi connectivity index (χ1v) is 9.62. The molecule has 0 saturated carbocycles. The third-order valence-electron chi connectivity index (χ3n) is 3.44. The number of sulfonamides is 1. The minimum absolute atomic E-state index is 0.236. The Morgan fingerprint density at radius 2 is 1.96 bits per heavy atom. The Balaban J connectivity index is 2.23. The van der Waals surface area contributed by atoms with E-state index >= 15 is 0 Å². The lowest BCUT2D eigenvalue weighted by molar-refractivity contribution is 0.337. The fourth-order valence-electron chi connectivity index (χ4n) is 2.25. The molecule has 4 nitrogen and oxygen atoms in total. The van der Waals surface area contributed by atoms with Crippen molar-refractivity contribution in [1.82, 2.24) is 4.72 Å². The first-order chi connectivity index (χ1) is 10.8. The van der Waals surface area contributed by atoms with E-state index < -0.39 is 10.0 Å². The molecule has 1 N–H and O–H groups in total. The van der Waals surface area contributed by atoms with Crippen LogP contribution in [0.25, 0.3) is 0 Å². The molecule has 0 spiro atoms. The van der Waals surface area contributed by atoms with E-state index in [1.807, 2.05) is 45.0 Å². The van der Waals surface area contributed by atoms with E-state index in [-0.39, 0.29) is 10.9 Å². The number of aryl methyl sites for hydroxylation is 1. The highest BCUT2D eigenvalue weighted by Gasteiger charge is 2.19. The number of ether oxygens (including phenoxy) is 1. The van der Waals surface area contributed by atoms with Gasteiger partial charge in [-0.25, -0.2) is 13.1 Å². The third-order valence-corrected chi connectivity index (χ3v) is 5.47. The molecule has 1 atom stereocenters. The highest BCUT2D eigenvalue weighted by molar-refractivity contribution is 9.10. The second kappa shape index (κ2) is 7.47. The Morgan fingerprint density at radius 1 is 1.22 bits per heavy atom. The Kier molecular flexibility index (Phi) is 5.84. The molecule has 2 aromatic carbocycles. The van der Waals surface area contributed by atoms with Gasteiger partial charge in [0.05, 0.1) is 11.5 Å². The molecule has 0 aliphatic carbocycles. The Hall–Kier alpha value is -1.37. The van der Waals surface area contributed by atoms with Crippen molar-refractivity contribution in [1.29, 1.82) is 0 Å². The quantitative estimate of drug-likeness (QED) is 0.794. The van der Waals surface area contributed by atoms with E-state index in [2.05, 4.69) is 20.7 Å². The first-order valence-electron chi connectivity index (χ1n) is 7.34. The predicted octanol–water partition coefficient (Wildman–Crippen LogP) is 4.20. The van der Waals surface area contributed by atoms with E-state index in [9.17, 15) is 8.42 Å². The van der Waals surface area contributed by atoms with Crippen molar-refractivity contribution in [3.63, 3.8) is 0 Å². The van der Waals surface area contributed by atoms with Crippen molar-refractivity contribution in [3.05, 3.63) is 58.1 Å². The summed E-state index contributed by atoms with van der Waals surface area (Å²) in [5.74, 6) is 0.700. The minimum Gasteiger partial charge on any atom is -0.494 e. The van der Waals surface area contributed by atoms with Gasteiger partial charge in [0.25, 0.3) is 0 Å². The van der Waals surface area contributed by atoms with Crippen LogP contribution in [0.3, 0.4) is 0 Å². The third kappa shape index (κ3) is 4.56. The molecular weight excluding hydrogens is 378 g/mol. The summed E-state index contributed by atoms with van der Waals surface area (Å²) in [7, 11) is -3.60.